The van der Waals surface area contributed by atoms with E-state index >= 15 is 0 Å². The van der Waals surface area contributed by atoms with E-state index in [0.29, 0.717) is 10.8 Å². The molecular weight excluding hydrogens is 361 g/mol. The molecule has 0 spiro atoms. The number of ether oxygens (including phenoxy) is 1. The summed E-state index contributed by atoms with van der Waals surface area (Å²) >= 11 is 19.8. The van der Waals surface area contributed by atoms with Gasteiger partial charge in [0.25, 0.3) is 0 Å². The lowest BCUT2D eigenvalue weighted by Gasteiger charge is -2.03. The lowest BCUT2D eigenvalue weighted by atomic mass is 10.4. The van der Waals surface area contributed by atoms with Crippen LogP contribution in [0.5, 0.6) is 0 Å². The van der Waals surface area contributed by atoms with Crippen molar-refractivity contribution in [3.63, 3.8) is 0 Å². The molecule has 1 aromatic carbocycles. The van der Waals surface area contributed by atoms with E-state index < -0.39 is 5.97 Å². The van der Waals surface area contributed by atoms with Crippen molar-refractivity contribution in [3.8, 4) is 0 Å². The molecule has 0 saturated carbocycles. The topological polar surface area (TPSA) is 39.2 Å². The van der Waals surface area contributed by atoms with E-state index in [1.165, 1.54) is 0 Å². The van der Waals surface area contributed by atoms with Gasteiger partial charge in [-0.05, 0) is 35.8 Å². The first-order valence-electron chi connectivity index (χ1n) is 5.44. The highest BCUT2D eigenvalue weighted by molar-refractivity contribution is 7.99. The first-order valence-corrected chi connectivity index (χ1v) is 8.33. The van der Waals surface area contributed by atoms with Crippen molar-refractivity contribution in [2.24, 2.45) is 0 Å². The molecule has 1 heterocycles. The molecule has 8 heteroatoms. The molecule has 0 radical (unpaired) electrons. The van der Waals surface area contributed by atoms with Gasteiger partial charge in [0.15, 0.2) is 10.0 Å². The number of carbonyl (C=O) groups is 1. The fourth-order valence-corrected chi connectivity index (χ4v) is 3.23. The number of hydrogen-bond donors (Lipinski definition) is 0. The second-order valence-electron chi connectivity index (χ2n) is 3.55. The zero-order valence-electron chi connectivity index (χ0n) is 9.94. The molecule has 0 amide bonds. The second kappa shape index (κ2) is 7.52. The zero-order chi connectivity index (χ0) is 14.5. The van der Waals surface area contributed by atoms with Gasteiger partial charge in [0.1, 0.15) is 11.6 Å². The highest BCUT2D eigenvalue weighted by Gasteiger charge is 2.18. The Morgan fingerprint density at radius 2 is 1.95 bits per heavy atom. The van der Waals surface area contributed by atoms with E-state index in [2.05, 4.69) is 4.37 Å². The summed E-state index contributed by atoms with van der Waals surface area (Å²) in [6, 6.07) is 7.45. The Labute approximate surface area is 139 Å². The van der Waals surface area contributed by atoms with Crippen LogP contribution in [-0.2, 0) is 4.74 Å². The smallest absolute Gasteiger partial charge is 0.351 e. The predicted octanol–water partition coefficient (Wildman–Crippen LogP) is 5.05. The molecular formula is C12H8Cl3NO2S2. The van der Waals surface area contributed by atoms with Crippen LogP contribution in [0.4, 0.5) is 0 Å². The molecule has 0 fully saturated rings. The minimum atomic E-state index is -0.504. The minimum absolute atomic E-state index is 0.124. The van der Waals surface area contributed by atoms with Crippen molar-refractivity contribution in [1.29, 1.82) is 0 Å². The van der Waals surface area contributed by atoms with Crippen LogP contribution in [0.25, 0.3) is 0 Å². The zero-order valence-corrected chi connectivity index (χ0v) is 13.8. The van der Waals surface area contributed by atoms with E-state index in [1.807, 2.05) is 24.3 Å². The van der Waals surface area contributed by atoms with Gasteiger partial charge >= 0.3 is 5.97 Å². The van der Waals surface area contributed by atoms with E-state index in [1.54, 1.807) is 11.8 Å². The molecule has 0 aliphatic heterocycles. The highest BCUT2D eigenvalue weighted by atomic mass is 35.5. The number of esters is 1. The Bertz CT molecular complexity index is 601. The van der Waals surface area contributed by atoms with E-state index in [-0.39, 0.29) is 21.7 Å². The van der Waals surface area contributed by atoms with Crippen molar-refractivity contribution in [3.05, 3.63) is 44.3 Å². The first-order chi connectivity index (χ1) is 9.58. The maximum Gasteiger partial charge on any atom is 0.351 e. The summed E-state index contributed by atoms with van der Waals surface area (Å²) < 4.78 is 8.89. The Morgan fingerprint density at radius 3 is 2.55 bits per heavy atom. The summed E-state index contributed by atoms with van der Waals surface area (Å²) in [7, 11) is 0. The number of carbonyl (C=O) groups excluding carboxylic acids is 1. The SMILES string of the molecule is O=C(OCCSc1ccc(Cl)cc1)c1snc(Cl)c1Cl. The maximum absolute atomic E-state index is 11.7. The van der Waals surface area contributed by atoms with Crippen LogP contribution in [0.15, 0.2) is 29.2 Å². The fourth-order valence-electron chi connectivity index (χ4n) is 1.28. The lowest BCUT2D eigenvalue weighted by molar-refractivity contribution is 0.0536. The van der Waals surface area contributed by atoms with Crippen LogP contribution in [0.3, 0.4) is 0 Å². The summed E-state index contributed by atoms with van der Waals surface area (Å²) in [6.45, 7) is 0.276. The molecule has 0 aliphatic carbocycles. The van der Waals surface area contributed by atoms with Gasteiger partial charge in [0, 0.05) is 15.7 Å². The van der Waals surface area contributed by atoms with Crippen molar-refractivity contribution < 1.29 is 9.53 Å². The normalized spacial score (nSPS) is 10.6. The van der Waals surface area contributed by atoms with Crippen LogP contribution in [0.1, 0.15) is 9.67 Å². The number of thioether (sulfide) groups is 1. The largest absolute Gasteiger partial charge is 0.461 e. The van der Waals surface area contributed by atoms with Gasteiger partial charge in [-0.2, -0.15) is 4.37 Å². The fraction of sp³-hybridized carbons (Fsp3) is 0.167. The molecule has 1 aromatic heterocycles. The maximum atomic E-state index is 11.7. The Morgan fingerprint density at radius 1 is 1.25 bits per heavy atom. The first kappa shape index (κ1) is 15.9. The summed E-state index contributed by atoms with van der Waals surface area (Å²) in [4.78, 5) is 13.0. The van der Waals surface area contributed by atoms with Crippen LogP contribution < -0.4 is 0 Å². The number of aromatic nitrogens is 1. The minimum Gasteiger partial charge on any atom is -0.461 e. The standard InChI is InChI=1S/C12H8Cl3NO2S2/c13-7-1-3-8(4-2-7)19-6-5-18-12(17)10-9(14)11(15)16-20-10/h1-4H,5-6H2. The molecule has 3 nitrogen and oxygen atoms in total. The Hall–Kier alpha value is -0.460. The van der Waals surface area contributed by atoms with E-state index in [4.69, 9.17) is 39.5 Å². The van der Waals surface area contributed by atoms with Crippen molar-refractivity contribution >= 4 is 64.1 Å². The summed E-state index contributed by atoms with van der Waals surface area (Å²) in [6.07, 6.45) is 0. The second-order valence-corrected chi connectivity index (χ2v) is 6.67. The van der Waals surface area contributed by atoms with Gasteiger partial charge in [-0.15, -0.1) is 11.8 Å². The number of rotatable bonds is 5. The number of benzene rings is 1. The van der Waals surface area contributed by atoms with Gasteiger partial charge in [-0.3, -0.25) is 0 Å². The number of halogens is 3. The third-order valence-electron chi connectivity index (χ3n) is 2.18. The molecule has 0 bridgehead atoms. The van der Waals surface area contributed by atoms with Gasteiger partial charge in [-0.25, -0.2) is 4.79 Å². The lowest BCUT2D eigenvalue weighted by Crippen LogP contribution is -2.06. The molecule has 0 aliphatic rings. The average Bonchev–Trinajstić information content (AvgIpc) is 2.77. The molecule has 0 saturated heterocycles. The third-order valence-corrected chi connectivity index (χ3v) is 5.19. The molecule has 106 valence electrons. The van der Waals surface area contributed by atoms with Gasteiger partial charge in [-0.1, -0.05) is 34.8 Å². The summed E-state index contributed by atoms with van der Waals surface area (Å²) in [5.41, 5.74) is 0. The summed E-state index contributed by atoms with van der Waals surface area (Å²) in [5.74, 6) is 0.133. The highest BCUT2D eigenvalue weighted by Crippen LogP contribution is 2.29. The molecule has 0 unspecified atom stereocenters. The van der Waals surface area contributed by atoms with Crippen molar-refractivity contribution in [2.45, 2.75) is 4.90 Å². The van der Waals surface area contributed by atoms with Gasteiger partial charge < -0.3 is 4.74 Å². The van der Waals surface area contributed by atoms with Crippen LogP contribution in [0.2, 0.25) is 15.2 Å². The van der Waals surface area contributed by atoms with Gasteiger partial charge in [0.05, 0.1) is 0 Å². The Balaban J connectivity index is 1.77. The predicted molar refractivity (Wildman–Crippen MR) is 84.6 cm³/mol. The van der Waals surface area contributed by atoms with Crippen LogP contribution in [-0.4, -0.2) is 22.7 Å². The van der Waals surface area contributed by atoms with Crippen molar-refractivity contribution in [2.75, 3.05) is 12.4 Å². The quantitative estimate of drug-likeness (QED) is 0.420. The van der Waals surface area contributed by atoms with Gasteiger partial charge in [0.2, 0.25) is 0 Å². The molecule has 2 rings (SSSR count). The molecule has 0 atom stereocenters. The van der Waals surface area contributed by atoms with E-state index in [0.717, 1.165) is 16.4 Å². The molecule has 20 heavy (non-hydrogen) atoms. The number of nitrogens with zero attached hydrogens (tertiary/aromatic N) is 1. The third kappa shape index (κ3) is 4.27. The van der Waals surface area contributed by atoms with E-state index in [9.17, 15) is 4.79 Å². The number of hydrogen-bond acceptors (Lipinski definition) is 5. The molecule has 2 aromatic rings. The molecule has 0 N–H and O–H groups in total. The summed E-state index contributed by atoms with van der Waals surface area (Å²) in [5, 5.41) is 0.962. The van der Waals surface area contributed by atoms with Crippen LogP contribution in [0, 0.1) is 0 Å². The average molecular weight is 369 g/mol. The van der Waals surface area contributed by atoms with Crippen molar-refractivity contribution in [1.82, 2.24) is 4.37 Å². The Kier molecular flexibility index (Phi) is 5.99. The monoisotopic (exact) mass is 367 g/mol. The van der Waals surface area contributed by atoms with Crippen LogP contribution >= 0.6 is 58.1 Å².